The third kappa shape index (κ3) is 6.47. The van der Waals surface area contributed by atoms with Gasteiger partial charge in [-0.3, -0.25) is 9.36 Å². The Labute approximate surface area is 194 Å². The lowest BCUT2D eigenvalue weighted by molar-refractivity contribution is -0.118. The monoisotopic (exact) mass is 450 g/mol. The van der Waals surface area contributed by atoms with Gasteiger partial charge in [0.05, 0.1) is 5.75 Å². The number of carbonyl (C=O) groups is 1. The second-order valence-electron chi connectivity index (χ2n) is 7.64. The zero-order valence-corrected chi connectivity index (χ0v) is 19.7. The number of aryl methyl sites for hydroxylation is 2. The molecule has 3 rings (SSSR count). The van der Waals surface area contributed by atoms with Crippen LogP contribution in [0.15, 0.2) is 66.3 Å². The van der Waals surface area contributed by atoms with Gasteiger partial charge in [-0.25, -0.2) is 0 Å². The summed E-state index contributed by atoms with van der Waals surface area (Å²) in [5.74, 6) is 1.77. The van der Waals surface area contributed by atoms with E-state index in [1.807, 2.05) is 48.7 Å². The molecule has 1 aromatic heterocycles. The number of carbonyl (C=O) groups excluding carboxylic acids is 1. The highest BCUT2D eigenvalue weighted by Gasteiger charge is 2.20. The number of benzene rings is 2. The molecule has 2 aromatic carbocycles. The zero-order chi connectivity index (χ0) is 22.9. The predicted molar refractivity (Wildman–Crippen MR) is 129 cm³/mol. The molecule has 0 aliphatic rings. The molecule has 32 heavy (non-hydrogen) atoms. The van der Waals surface area contributed by atoms with E-state index in [0.717, 1.165) is 17.7 Å². The molecule has 0 saturated heterocycles. The fourth-order valence-electron chi connectivity index (χ4n) is 3.36. The quantitative estimate of drug-likeness (QED) is 0.340. The third-order valence-electron chi connectivity index (χ3n) is 4.97. The minimum Gasteiger partial charge on any atom is -0.482 e. The first-order valence-corrected chi connectivity index (χ1v) is 11.7. The van der Waals surface area contributed by atoms with Gasteiger partial charge in [-0.2, -0.15) is 0 Å². The van der Waals surface area contributed by atoms with E-state index >= 15 is 0 Å². The van der Waals surface area contributed by atoms with Crippen LogP contribution < -0.4 is 10.1 Å². The molecule has 0 bridgehead atoms. The first kappa shape index (κ1) is 23.6. The Morgan fingerprint density at radius 3 is 2.72 bits per heavy atom. The summed E-state index contributed by atoms with van der Waals surface area (Å²) in [4.78, 5) is 12.3. The molecule has 0 aliphatic carbocycles. The summed E-state index contributed by atoms with van der Waals surface area (Å²) in [6.45, 7) is 11.0. The maximum absolute atomic E-state index is 12.3. The number of allylic oxidation sites excluding steroid dienone is 1. The van der Waals surface area contributed by atoms with Crippen LogP contribution in [0.4, 0.5) is 0 Å². The molecule has 1 amide bonds. The molecule has 0 fully saturated rings. The lowest BCUT2D eigenvalue weighted by atomic mass is 10.1. The molecule has 1 heterocycles. The van der Waals surface area contributed by atoms with Gasteiger partial charge >= 0.3 is 0 Å². The molecular weight excluding hydrogens is 420 g/mol. The van der Waals surface area contributed by atoms with Crippen LogP contribution in [-0.2, 0) is 17.8 Å². The van der Waals surface area contributed by atoms with Gasteiger partial charge in [0.1, 0.15) is 5.75 Å². The van der Waals surface area contributed by atoms with E-state index in [4.69, 9.17) is 4.74 Å². The van der Waals surface area contributed by atoms with Gasteiger partial charge in [0.15, 0.2) is 17.1 Å². The zero-order valence-electron chi connectivity index (χ0n) is 18.9. The van der Waals surface area contributed by atoms with E-state index in [9.17, 15) is 4.79 Å². The second kappa shape index (κ2) is 11.5. The highest BCUT2D eigenvalue weighted by molar-refractivity contribution is 7.99. The van der Waals surface area contributed by atoms with Crippen molar-refractivity contribution in [2.24, 2.45) is 0 Å². The third-order valence-corrected chi connectivity index (χ3v) is 5.93. The molecule has 1 atom stereocenters. The number of hydrogen-bond donors (Lipinski definition) is 1. The highest BCUT2D eigenvalue weighted by atomic mass is 32.2. The van der Waals surface area contributed by atoms with E-state index in [-0.39, 0.29) is 17.8 Å². The molecule has 6 nitrogen and oxygen atoms in total. The number of amides is 1. The SMILES string of the molecule is C=CCn1c(SCC(=O)NCCc2ccccc2)nnc1C(C)Oc1ccc(C)cc1C. The number of thioether (sulfide) groups is 1. The van der Waals surface area contributed by atoms with E-state index in [1.165, 1.54) is 22.9 Å². The van der Waals surface area contributed by atoms with Crippen molar-refractivity contribution in [3.8, 4) is 5.75 Å². The van der Waals surface area contributed by atoms with E-state index in [1.54, 1.807) is 6.08 Å². The first-order chi connectivity index (χ1) is 15.5. The maximum atomic E-state index is 12.3. The van der Waals surface area contributed by atoms with E-state index in [0.29, 0.717) is 24.1 Å². The maximum Gasteiger partial charge on any atom is 0.230 e. The Hall–Kier alpha value is -3.06. The Morgan fingerprint density at radius 2 is 2.00 bits per heavy atom. The number of nitrogens with zero attached hydrogens (tertiary/aromatic N) is 3. The van der Waals surface area contributed by atoms with Gasteiger partial charge in [-0.05, 0) is 44.4 Å². The minimum absolute atomic E-state index is 0.0276. The Kier molecular flexibility index (Phi) is 8.50. The standard InChI is InChI=1S/C25H30N4O2S/c1-5-15-29-24(20(4)31-22-12-11-18(2)16-19(22)3)27-28-25(29)32-17-23(30)26-14-13-21-9-7-6-8-10-21/h5-12,16,20H,1,13-15,17H2,2-4H3,(H,26,30). The number of aromatic nitrogens is 3. The van der Waals surface area contributed by atoms with Crippen LogP contribution in [0.2, 0.25) is 0 Å². The number of rotatable bonds is 11. The normalized spacial score (nSPS) is 11.7. The largest absolute Gasteiger partial charge is 0.482 e. The Morgan fingerprint density at radius 1 is 1.22 bits per heavy atom. The van der Waals surface area contributed by atoms with E-state index in [2.05, 4.69) is 47.2 Å². The van der Waals surface area contributed by atoms with Crippen molar-refractivity contribution in [2.45, 2.75) is 45.0 Å². The van der Waals surface area contributed by atoms with Crippen molar-refractivity contribution in [2.75, 3.05) is 12.3 Å². The molecule has 1 unspecified atom stereocenters. The average Bonchev–Trinajstić information content (AvgIpc) is 3.18. The summed E-state index contributed by atoms with van der Waals surface area (Å²) >= 11 is 1.36. The van der Waals surface area contributed by atoms with Gasteiger partial charge in [0.25, 0.3) is 0 Å². The van der Waals surface area contributed by atoms with E-state index < -0.39 is 0 Å². The molecule has 0 spiro atoms. The summed E-state index contributed by atoms with van der Waals surface area (Å²) in [6, 6.07) is 16.2. The van der Waals surface area contributed by atoms with Crippen LogP contribution in [0.3, 0.4) is 0 Å². The average molecular weight is 451 g/mol. The Bertz CT molecular complexity index is 1050. The molecule has 0 aliphatic heterocycles. The summed E-state index contributed by atoms with van der Waals surface area (Å²) < 4.78 is 8.11. The van der Waals surface area contributed by atoms with Gasteiger partial charge in [-0.15, -0.1) is 16.8 Å². The summed E-state index contributed by atoms with van der Waals surface area (Å²) in [5.41, 5.74) is 3.47. The van der Waals surface area contributed by atoms with Crippen LogP contribution in [0, 0.1) is 13.8 Å². The number of ether oxygens (including phenoxy) is 1. The smallest absolute Gasteiger partial charge is 0.230 e. The van der Waals surface area contributed by atoms with Crippen molar-refractivity contribution >= 4 is 17.7 Å². The highest BCUT2D eigenvalue weighted by Crippen LogP contribution is 2.27. The number of nitrogens with one attached hydrogen (secondary N) is 1. The lowest BCUT2D eigenvalue weighted by Gasteiger charge is -2.17. The molecule has 0 radical (unpaired) electrons. The fourth-order valence-corrected chi connectivity index (χ4v) is 4.14. The first-order valence-electron chi connectivity index (χ1n) is 10.7. The summed E-state index contributed by atoms with van der Waals surface area (Å²) in [6.07, 6.45) is 2.31. The van der Waals surface area contributed by atoms with Crippen LogP contribution in [0.1, 0.15) is 35.5 Å². The van der Waals surface area contributed by atoms with Crippen LogP contribution in [0.5, 0.6) is 5.75 Å². The van der Waals surface area contributed by atoms with Gasteiger partial charge in [-0.1, -0.05) is 65.9 Å². The summed E-state index contributed by atoms with van der Waals surface area (Å²) in [5, 5.41) is 12.3. The second-order valence-corrected chi connectivity index (χ2v) is 8.59. The minimum atomic E-state index is -0.294. The topological polar surface area (TPSA) is 69.0 Å². The van der Waals surface area contributed by atoms with Gasteiger partial charge in [0, 0.05) is 13.1 Å². The number of hydrogen-bond acceptors (Lipinski definition) is 5. The van der Waals surface area contributed by atoms with Crippen molar-refractivity contribution in [3.63, 3.8) is 0 Å². The van der Waals surface area contributed by atoms with Gasteiger partial charge in [0.2, 0.25) is 5.91 Å². The molecule has 0 saturated carbocycles. The van der Waals surface area contributed by atoms with Crippen LogP contribution in [-0.4, -0.2) is 33.0 Å². The fraction of sp³-hybridized carbons (Fsp3) is 0.320. The van der Waals surface area contributed by atoms with Crippen LogP contribution in [0.25, 0.3) is 0 Å². The van der Waals surface area contributed by atoms with Gasteiger partial charge < -0.3 is 10.1 Å². The summed E-state index contributed by atoms with van der Waals surface area (Å²) in [7, 11) is 0. The Balaban J connectivity index is 1.58. The molecular formula is C25H30N4O2S. The molecule has 3 aromatic rings. The van der Waals surface area contributed by atoms with Crippen molar-refractivity contribution in [3.05, 3.63) is 83.7 Å². The van der Waals surface area contributed by atoms with Crippen LogP contribution >= 0.6 is 11.8 Å². The van der Waals surface area contributed by atoms with Crippen molar-refractivity contribution < 1.29 is 9.53 Å². The molecule has 168 valence electrons. The molecule has 1 N–H and O–H groups in total. The lowest BCUT2D eigenvalue weighted by Crippen LogP contribution is -2.27. The molecule has 7 heteroatoms. The predicted octanol–water partition coefficient (Wildman–Crippen LogP) is 4.67. The van der Waals surface area contributed by atoms with Crippen molar-refractivity contribution in [1.29, 1.82) is 0 Å². The van der Waals surface area contributed by atoms with Crippen molar-refractivity contribution in [1.82, 2.24) is 20.1 Å².